The van der Waals surface area contributed by atoms with Gasteiger partial charge in [0.15, 0.2) is 6.61 Å². The van der Waals surface area contributed by atoms with Gasteiger partial charge in [-0.25, -0.2) is 4.79 Å². The zero-order valence-electron chi connectivity index (χ0n) is 17.1. The summed E-state index contributed by atoms with van der Waals surface area (Å²) in [4.78, 5) is 65.0. The van der Waals surface area contributed by atoms with Gasteiger partial charge >= 0.3 is 11.9 Å². The van der Waals surface area contributed by atoms with Crippen LogP contribution in [0.25, 0.3) is 0 Å². The molecule has 2 atom stereocenters. The van der Waals surface area contributed by atoms with Crippen LogP contribution in [-0.2, 0) is 23.9 Å². The van der Waals surface area contributed by atoms with E-state index in [0.29, 0.717) is 24.1 Å². The number of imide groups is 1. The van der Waals surface area contributed by atoms with Crippen molar-refractivity contribution in [2.75, 3.05) is 20.3 Å². The van der Waals surface area contributed by atoms with E-state index < -0.39 is 24.3 Å². The molecule has 0 spiro atoms. The number of Topliss-reactive ketones (excluding diaryl/α,β-unsaturated/α-hetero) is 1. The molecule has 1 aromatic heterocycles. The van der Waals surface area contributed by atoms with Crippen molar-refractivity contribution in [1.29, 1.82) is 0 Å². The molecule has 1 aromatic rings. The summed E-state index contributed by atoms with van der Waals surface area (Å²) in [6.45, 7) is 2.66. The number of amides is 2. The molecule has 1 N–H and O–H groups in total. The number of nitrogens with zero attached hydrogens (tertiary/aromatic N) is 1. The Hall–Kier alpha value is -3.23. The highest BCUT2D eigenvalue weighted by molar-refractivity contribution is 6.05. The monoisotopic (exact) mass is 416 g/mol. The fourth-order valence-electron chi connectivity index (χ4n) is 4.02. The lowest BCUT2D eigenvalue weighted by molar-refractivity contribution is -0.145. The molecular weight excluding hydrogens is 392 g/mol. The molecule has 1 aliphatic heterocycles. The van der Waals surface area contributed by atoms with E-state index in [0.717, 1.165) is 4.90 Å². The minimum absolute atomic E-state index is 0.0647. The fraction of sp³-hybridized carbons (Fsp3) is 0.476. The van der Waals surface area contributed by atoms with Crippen LogP contribution in [-0.4, -0.2) is 59.7 Å². The maximum Gasteiger partial charge on any atom is 0.339 e. The number of aromatic amines is 1. The molecule has 3 rings (SSSR count). The van der Waals surface area contributed by atoms with E-state index >= 15 is 0 Å². The maximum atomic E-state index is 12.4. The van der Waals surface area contributed by atoms with Crippen molar-refractivity contribution in [2.45, 2.75) is 33.1 Å². The largest absolute Gasteiger partial charge is 0.465 e. The molecule has 2 amide bonds. The molecule has 9 nitrogen and oxygen atoms in total. The van der Waals surface area contributed by atoms with Crippen LogP contribution in [0.3, 0.4) is 0 Å². The minimum atomic E-state index is -0.689. The average Bonchev–Trinajstić information content (AvgIpc) is 3.17. The SMILES string of the molecule is COC(=O)c1c(C)[nH]c(C(=O)COC(=O)CCN2C(=O)[C@@H]3CC=CC[C@H]3C2=O)c1C. The molecule has 0 radical (unpaired) electrons. The minimum Gasteiger partial charge on any atom is -0.465 e. The Morgan fingerprint density at radius 3 is 2.27 bits per heavy atom. The second-order valence-corrected chi connectivity index (χ2v) is 7.43. The number of hydrogen-bond donors (Lipinski definition) is 1. The topological polar surface area (TPSA) is 123 Å². The summed E-state index contributed by atoms with van der Waals surface area (Å²) < 4.78 is 9.72. The molecule has 1 saturated heterocycles. The number of fused-ring (bicyclic) bond motifs is 1. The number of ether oxygens (including phenoxy) is 2. The number of ketones is 1. The number of aryl methyl sites for hydroxylation is 1. The second-order valence-electron chi connectivity index (χ2n) is 7.43. The number of H-pyrrole nitrogens is 1. The van der Waals surface area contributed by atoms with Crippen LogP contribution in [0.2, 0.25) is 0 Å². The summed E-state index contributed by atoms with van der Waals surface area (Å²) in [5.74, 6) is -2.95. The van der Waals surface area contributed by atoms with Gasteiger partial charge in [0, 0.05) is 12.2 Å². The van der Waals surface area contributed by atoms with Crippen molar-refractivity contribution < 1.29 is 33.4 Å². The van der Waals surface area contributed by atoms with E-state index in [1.807, 2.05) is 12.2 Å². The van der Waals surface area contributed by atoms with Gasteiger partial charge in [-0.05, 0) is 32.3 Å². The van der Waals surface area contributed by atoms with Crippen molar-refractivity contribution in [3.63, 3.8) is 0 Å². The number of rotatable bonds is 7. The molecular formula is C21H24N2O7. The van der Waals surface area contributed by atoms with Gasteiger partial charge in [-0.1, -0.05) is 12.2 Å². The number of likely N-dealkylation sites (tertiary alicyclic amines) is 1. The van der Waals surface area contributed by atoms with E-state index in [1.54, 1.807) is 13.8 Å². The lowest BCUT2D eigenvalue weighted by atomic mass is 9.85. The summed E-state index contributed by atoms with van der Waals surface area (Å²) in [5.41, 5.74) is 1.34. The Balaban J connectivity index is 1.53. The molecule has 0 unspecified atom stereocenters. The summed E-state index contributed by atoms with van der Waals surface area (Å²) in [6, 6.07) is 0. The van der Waals surface area contributed by atoms with Gasteiger partial charge in [-0.15, -0.1) is 0 Å². The molecule has 160 valence electrons. The predicted octanol–water partition coefficient (Wildman–Crippen LogP) is 1.49. The maximum absolute atomic E-state index is 12.4. The Labute approximate surface area is 173 Å². The van der Waals surface area contributed by atoms with Crippen molar-refractivity contribution in [3.05, 3.63) is 34.7 Å². The van der Waals surface area contributed by atoms with Crippen LogP contribution >= 0.6 is 0 Å². The molecule has 0 bridgehead atoms. The van der Waals surface area contributed by atoms with Crippen LogP contribution < -0.4 is 0 Å². The van der Waals surface area contributed by atoms with Crippen molar-refractivity contribution in [3.8, 4) is 0 Å². The first-order valence-corrected chi connectivity index (χ1v) is 9.72. The molecule has 1 fully saturated rings. The number of carbonyl (C=O) groups excluding carboxylic acids is 5. The van der Waals surface area contributed by atoms with Crippen LogP contribution in [0.5, 0.6) is 0 Å². The number of esters is 2. The first kappa shape index (κ1) is 21.5. The molecule has 1 aliphatic carbocycles. The number of hydrogen-bond acceptors (Lipinski definition) is 7. The number of aromatic nitrogens is 1. The van der Waals surface area contributed by atoms with E-state index in [9.17, 15) is 24.0 Å². The normalized spacial score (nSPS) is 20.3. The number of carbonyl (C=O) groups is 5. The first-order valence-electron chi connectivity index (χ1n) is 9.72. The Kier molecular flexibility index (Phi) is 6.19. The second kappa shape index (κ2) is 8.64. The standard InChI is InChI=1S/C21H24N2O7/c1-11-17(21(28)29-3)12(2)22-18(11)15(24)10-30-16(25)8-9-23-19(26)13-6-4-5-7-14(13)20(23)27/h4-5,13-14,22H,6-10H2,1-3H3/t13-,14-/m1/s1. The van der Waals surface area contributed by atoms with Crippen LogP contribution in [0.15, 0.2) is 12.2 Å². The van der Waals surface area contributed by atoms with Crippen LogP contribution in [0.1, 0.15) is 51.4 Å². The zero-order chi connectivity index (χ0) is 22.0. The van der Waals surface area contributed by atoms with Crippen LogP contribution in [0, 0.1) is 25.7 Å². The number of methoxy groups -OCH3 is 1. The highest BCUT2D eigenvalue weighted by Gasteiger charge is 2.46. The van der Waals surface area contributed by atoms with Crippen molar-refractivity contribution in [1.82, 2.24) is 9.88 Å². The molecule has 0 saturated carbocycles. The quantitative estimate of drug-likeness (QED) is 0.309. The number of allylic oxidation sites excluding steroid dienone is 2. The summed E-state index contributed by atoms with van der Waals surface area (Å²) in [7, 11) is 1.25. The van der Waals surface area contributed by atoms with Gasteiger partial charge in [0.1, 0.15) is 0 Å². The van der Waals surface area contributed by atoms with Gasteiger partial charge < -0.3 is 14.5 Å². The molecule has 0 aromatic carbocycles. The molecule has 2 heterocycles. The smallest absolute Gasteiger partial charge is 0.339 e. The van der Waals surface area contributed by atoms with Crippen molar-refractivity contribution >= 4 is 29.5 Å². The third-order valence-electron chi connectivity index (χ3n) is 5.61. The number of nitrogens with one attached hydrogen (secondary N) is 1. The van der Waals surface area contributed by atoms with Crippen LogP contribution in [0.4, 0.5) is 0 Å². The third kappa shape index (κ3) is 3.92. The average molecular weight is 416 g/mol. The highest BCUT2D eigenvalue weighted by atomic mass is 16.5. The molecule has 30 heavy (non-hydrogen) atoms. The Morgan fingerprint density at radius 2 is 1.70 bits per heavy atom. The van der Waals surface area contributed by atoms with E-state index in [-0.39, 0.29) is 47.9 Å². The van der Waals surface area contributed by atoms with Gasteiger partial charge in [0.2, 0.25) is 17.6 Å². The lowest BCUT2D eigenvalue weighted by Gasteiger charge is -2.14. The summed E-state index contributed by atoms with van der Waals surface area (Å²) >= 11 is 0. The van der Waals surface area contributed by atoms with E-state index in [1.165, 1.54) is 7.11 Å². The predicted molar refractivity (Wildman–Crippen MR) is 104 cm³/mol. The zero-order valence-corrected chi connectivity index (χ0v) is 17.1. The Bertz CT molecular complexity index is 917. The van der Waals surface area contributed by atoms with E-state index in [4.69, 9.17) is 9.47 Å². The highest BCUT2D eigenvalue weighted by Crippen LogP contribution is 2.35. The summed E-state index contributed by atoms with van der Waals surface area (Å²) in [6.07, 6.45) is 4.67. The van der Waals surface area contributed by atoms with Gasteiger partial charge in [0.05, 0.1) is 36.6 Å². The Morgan fingerprint density at radius 1 is 1.10 bits per heavy atom. The van der Waals surface area contributed by atoms with Crippen molar-refractivity contribution in [2.24, 2.45) is 11.8 Å². The lowest BCUT2D eigenvalue weighted by Crippen LogP contribution is -2.33. The fourth-order valence-corrected chi connectivity index (χ4v) is 4.02. The third-order valence-corrected chi connectivity index (χ3v) is 5.61. The van der Waals surface area contributed by atoms with Gasteiger partial charge in [0.25, 0.3) is 0 Å². The summed E-state index contributed by atoms with van der Waals surface area (Å²) in [5, 5.41) is 0. The van der Waals surface area contributed by atoms with Gasteiger partial charge in [-0.2, -0.15) is 0 Å². The first-order chi connectivity index (χ1) is 14.3. The molecule has 2 aliphatic rings. The van der Waals surface area contributed by atoms with Gasteiger partial charge in [-0.3, -0.25) is 24.1 Å². The molecule has 9 heteroatoms. The van der Waals surface area contributed by atoms with E-state index in [2.05, 4.69) is 4.98 Å².